The summed E-state index contributed by atoms with van der Waals surface area (Å²) in [6.45, 7) is 5.83. The Kier molecular flexibility index (Phi) is 6.88. The molecule has 1 fully saturated rings. The Morgan fingerprint density at radius 2 is 1.85 bits per heavy atom. The molecule has 4 aromatic heterocycles. The first-order valence-corrected chi connectivity index (χ1v) is 13.5. The summed E-state index contributed by atoms with van der Waals surface area (Å²) in [6.07, 6.45) is 17.1. The number of nitrogens with one attached hydrogen (secondary N) is 2. The molecule has 0 bridgehead atoms. The molecule has 1 aliphatic carbocycles. The van der Waals surface area contributed by atoms with Gasteiger partial charge in [0.25, 0.3) is 0 Å². The smallest absolute Gasteiger partial charge is 0.181 e. The van der Waals surface area contributed by atoms with E-state index < -0.39 is 0 Å². The van der Waals surface area contributed by atoms with Gasteiger partial charge in [0.2, 0.25) is 0 Å². The van der Waals surface area contributed by atoms with Gasteiger partial charge in [0.1, 0.15) is 11.5 Å². The lowest BCUT2D eigenvalue weighted by Gasteiger charge is -2.21. The molecule has 0 radical (unpaired) electrons. The molecule has 1 saturated carbocycles. The Labute approximate surface area is 227 Å². The van der Waals surface area contributed by atoms with Crippen molar-refractivity contribution in [2.45, 2.75) is 45.4 Å². The van der Waals surface area contributed by atoms with Crippen LogP contribution in [0.3, 0.4) is 0 Å². The summed E-state index contributed by atoms with van der Waals surface area (Å²) in [7, 11) is 0. The van der Waals surface area contributed by atoms with Crippen LogP contribution >= 0.6 is 0 Å². The zero-order chi connectivity index (χ0) is 26.8. The predicted molar refractivity (Wildman–Crippen MR) is 153 cm³/mol. The number of aromatic amines is 2. The lowest BCUT2D eigenvalue weighted by molar-refractivity contribution is 0.356. The monoisotopic (exact) mass is 518 g/mol. The van der Waals surface area contributed by atoms with Crippen molar-refractivity contribution in [2.75, 3.05) is 0 Å². The van der Waals surface area contributed by atoms with E-state index in [4.69, 9.17) is 4.98 Å². The molecule has 5 aromatic rings. The van der Waals surface area contributed by atoms with Crippen LogP contribution in [0.4, 0.5) is 4.39 Å². The molecular weight excluding hydrogens is 487 g/mol. The van der Waals surface area contributed by atoms with Crippen LogP contribution in [0.5, 0.6) is 0 Å². The molecule has 4 heterocycles. The number of fused-ring (bicyclic) bond motifs is 1. The highest BCUT2D eigenvalue weighted by Crippen LogP contribution is 2.32. The molecule has 0 spiro atoms. The topological polar surface area (TPSA) is 83.1 Å². The molecule has 0 aliphatic heterocycles. The van der Waals surface area contributed by atoms with Crippen molar-refractivity contribution in [3.8, 4) is 22.6 Å². The minimum absolute atomic E-state index is 0.280. The fraction of sp³-hybridized carbons (Fsp3) is 0.250. The Bertz CT molecular complexity index is 1650. The van der Waals surface area contributed by atoms with Crippen molar-refractivity contribution in [3.63, 3.8) is 0 Å². The highest BCUT2D eigenvalue weighted by molar-refractivity contribution is 5.92. The summed E-state index contributed by atoms with van der Waals surface area (Å²) < 4.78 is 13.6. The maximum Gasteiger partial charge on any atom is 0.181 e. The minimum Gasteiger partial charge on any atom is -0.340 e. The van der Waals surface area contributed by atoms with Crippen molar-refractivity contribution < 1.29 is 4.39 Å². The van der Waals surface area contributed by atoms with Gasteiger partial charge < -0.3 is 4.98 Å². The third kappa shape index (κ3) is 5.17. The van der Waals surface area contributed by atoms with Gasteiger partial charge in [-0.2, -0.15) is 5.10 Å². The Balaban J connectivity index is 1.34. The van der Waals surface area contributed by atoms with Gasteiger partial charge in [-0.05, 0) is 54.7 Å². The van der Waals surface area contributed by atoms with Gasteiger partial charge in [0, 0.05) is 41.0 Å². The Hall–Kier alpha value is -4.39. The third-order valence-corrected chi connectivity index (χ3v) is 7.60. The van der Waals surface area contributed by atoms with Crippen LogP contribution in [-0.4, -0.2) is 30.1 Å². The minimum atomic E-state index is -0.280. The van der Waals surface area contributed by atoms with Gasteiger partial charge in [-0.25, -0.2) is 14.4 Å². The van der Waals surface area contributed by atoms with Gasteiger partial charge in [-0.3, -0.25) is 10.1 Å². The summed E-state index contributed by atoms with van der Waals surface area (Å²) in [5, 5.41) is 8.43. The number of benzene rings is 1. The SMILES string of the molecule is C=C/C=C(/c1ccc(F)cc1)c1nc(-c2[nH]nc3ncc(-c4cncc(CC5CCCCC5)c4)cc23)[nH]c1C. The second-order valence-corrected chi connectivity index (χ2v) is 10.4. The Morgan fingerprint density at radius 1 is 1.05 bits per heavy atom. The quantitative estimate of drug-likeness (QED) is 0.217. The predicted octanol–water partition coefficient (Wildman–Crippen LogP) is 7.60. The fourth-order valence-electron chi connectivity index (χ4n) is 5.62. The first kappa shape index (κ1) is 24.9. The number of aromatic nitrogens is 6. The van der Waals surface area contributed by atoms with Crippen LogP contribution in [0.25, 0.3) is 39.3 Å². The zero-order valence-corrected chi connectivity index (χ0v) is 22.0. The molecule has 0 amide bonds. The summed E-state index contributed by atoms with van der Waals surface area (Å²) in [5.74, 6) is 1.13. The lowest BCUT2D eigenvalue weighted by Crippen LogP contribution is -2.09. The molecule has 2 N–H and O–H groups in total. The van der Waals surface area contributed by atoms with Gasteiger partial charge in [0.15, 0.2) is 11.5 Å². The number of H-pyrrole nitrogens is 2. The molecule has 0 unspecified atom stereocenters. The number of hydrogen-bond acceptors (Lipinski definition) is 4. The molecule has 0 atom stereocenters. The van der Waals surface area contributed by atoms with Gasteiger partial charge >= 0.3 is 0 Å². The van der Waals surface area contributed by atoms with Crippen LogP contribution in [0.1, 0.15) is 54.6 Å². The molecule has 0 saturated heterocycles. The zero-order valence-electron chi connectivity index (χ0n) is 22.0. The van der Waals surface area contributed by atoms with Crippen LogP contribution in [0.15, 0.2) is 73.7 Å². The van der Waals surface area contributed by atoms with Gasteiger partial charge in [-0.1, -0.05) is 63.0 Å². The number of aryl methyl sites for hydroxylation is 1. The number of imidazole rings is 1. The third-order valence-electron chi connectivity index (χ3n) is 7.60. The van der Waals surface area contributed by atoms with E-state index >= 15 is 0 Å². The van der Waals surface area contributed by atoms with Crippen molar-refractivity contribution in [1.29, 1.82) is 0 Å². The highest BCUT2D eigenvalue weighted by Gasteiger charge is 2.19. The fourth-order valence-corrected chi connectivity index (χ4v) is 5.62. The number of pyridine rings is 2. The number of hydrogen-bond donors (Lipinski definition) is 2. The van der Waals surface area contributed by atoms with Crippen molar-refractivity contribution >= 4 is 16.6 Å². The van der Waals surface area contributed by atoms with E-state index in [1.54, 1.807) is 18.2 Å². The van der Waals surface area contributed by atoms with Crippen LogP contribution in [-0.2, 0) is 6.42 Å². The van der Waals surface area contributed by atoms with E-state index in [0.29, 0.717) is 11.5 Å². The second kappa shape index (κ2) is 10.8. The molecule has 1 aliphatic rings. The van der Waals surface area contributed by atoms with Gasteiger partial charge in [-0.15, -0.1) is 0 Å². The molecule has 196 valence electrons. The molecule has 39 heavy (non-hydrogen) atoms. The average molecular weight is 519 g/mol. The van der Waals surface area contributed by atoms with E-state index in [9.17, 15) is 4.39 Å². The normalized spacial score (nSPS) is 14.7. The summed E-state index contributed by atoms with van der Waals surface area (Å²) in [5.41, 5.74) is 8.06. The standard InChI is InChI=1S/C32H31FN6/c1-3-7-27(23-10-12-26(33)13-11-23)29-20(2)36-32(37-29)30-28-16-25(19-35-31(28)39-38-30)24-15-22(17-34-18-24)14-21-8-5-4-6-9-21/h3,7,10-13,15-19,21H,1,4-6,8-9,14H2,2H3,(H,36,37)(H,35,38,39)/b27-7-. The average Bonchev–Trinajstić information content (AvgIpc) is 3.56. The largest absolute Gasteiger partial charge is 0.340 e. The maximum absolute atomic E-state index is 13.6. The molecule has 6 rings (SSSR count). The van der Waals surface area contributed by atoms with Crippen LogP contribution in [0.2, 0.25) is 0 Å². The number of rotatable bonds is 7. The second-order valence-electron chi connectivity index (χ2n) is 10.4. The maximum atomic E-state index is 13.6. The van der Waals surface area contributed by atoms with E-state index in [0.717, 1.165) is 57.1 Å². The molecule has 1 aromatic carbocycles. The van der Waals surface area contributed by atoms with E-state index in [2.05, 4.69) is 43.9 Å². The van der Waals surface area contributed by atoms with E-state index in [-0.39, 0.29) is 5.82 Å². The highest BCUT2D eigenvalue weighted by atomic mass is 19.1. The summed E-state index contributed by atoms with van der Waals surface area (Å²) in [4.78, 5) is 17.5. The van der Waals surface area contributed by atoms with Crippen LogP contribution in [0, 0.1) is 18.7 Å². The molecular formula is C32H31FN6. The van der Waals surface area contributed by atoms with Crippen LogP contribution < -0.4 is 0 Å². The first-order chi connectivity index (χ1) is 19.1. The Morgan fingerprint density at radius 3 is 2.64 bits per heavy atom. The summed E-state index contributed by atoms with van der Waals surface area (Å²) in [6, 6.07) is 10.7. The van der Waals surface area contributed by atoms with Gasteiger partial charge in [0.05, 0.1) is 11.1 Å². The number of halogens is 1. The van der Waals surface area contributed by atoms with Crippen molar-refractivity contribution in [3.05, 3.63) is 102 Å². The molecule has 6 nitrogen and oxygen atoms in total. The van der Waals surface area contributed by atoms with E-state index in [1.165, 1.54) is 49.8 Å². The van der Waals surface area contributed by atoms with Crippen molar-refractivity contribution in [2.24, 2.45) is 5.92 Å². The first-order valence-electron chi connectivity index (χ1n) is 13.5. The number of allylic oxidation sites excluding steroid dienone is 2. The van der Waals surface area contributed by atoms with E-state index in [1.807, 2.05) is 31.6 Å². The molecule has 7 heteroatoms. The lowest BCUT2D eigenvalue weighted by atomic mass is 9.85. The summed E-state index contributed by atoms with van der Waals surface area (Å²) >= 11 is 0. The number of nitrogens with zero attached hydrogens (tertiary/aromatic N) is 4. The van der Waals surface area contributed by atoms with Crippen molar-refractivity contribution in [1.82, 2.24) is 30.1 Å².